The van der Waals surface area contributed by atoms with Gasteiger partial charge >= 0.3 is 0 Å². The number of thiophene rings is 1. The zero-order chi connectivity index (χ0) is 20.3. The van der Waals surface area contributed by atoms with Gasteiger partial charge in [-0.2, -0.15) is 16.3 Å². The number of aromatic amines is 1. The topological polar surface area (TPSA) is 75.0 Å². The Labute approximate surface area is 182 Å². The van der Waals surface area contributed by atoms with Crippen molar-refractivity contribution in [3.05, 3.63) is 53.2 Å². The summed E-state index contributed by atoms with van der Waals surface area (Å²) in [5.41, 5.74) is 2.09. The summed E-state index contributed by atoms with van der Waals surface area (Å²) >= 11 is 3.22. The van der Waals surface area contributed by atoms with Crippen LogP contribution in [0.15, 0.2) is 56.7 Å². The van der Waals surface area contributed by atoms with Crippen LogP contribution in [0.25, 0.3) is 22.3 Å². The number of hydrogen-bond donors (Lipinski definition) is 1. The molecule has 1 N–H and O–H groups in total. The number of aromatic nitrogens is 3. The molecule has 1 atom stereocenters. The summed E-state index contributed by atoms with van der Waals surface area (Å²) < 4.78 is 5.46. The van der Waals surface area contributed by atoms with Crippen LogP contribution < -0.4 is 0 Å². The monoisotopic (exact) mass is 438 g/mol. The minimum atomic E-state index is 0.194. The van der Waals surface area contributed by atoms with E-state index in [0.29, 0.717) is 23.4 Å². The van der Waals surface area contributed by atoms with Gasteiger partial charge in [0.2, 0.25) is 17.6 Å². The summed E-state index contributed by atoms with van der Waals surface area (Å²) in [6.07, 6.45) is 4.80. The van der Waals surface area contributed by atoms with Crippen LogP contribution in [0, 0.1) is 5.92 Å². The van der Waals surface area contributed by atoms with Gasteiger partial charge in [-0.05, 0) is 36.3 Å². The van der Waals surface area contributed by atoms with Gasteiger partial charge in [-0.3, -0.25) is 4.79 Å². The predicted molar refractivity (Wildman–Crippen MR) is 120 cm³/mol. The van der Waals surface area contributed by atoms with Crippen molar-refractivity contribution >= 4 is 39.9 Å². The van der Waals surface area contributed by atoms with Gasteiger partial charge in [-0.15, -0.1) is 11.8 Å². The fraction of sp³-hybridized carbons (Fsp3) is 0.318. The van der Waals surface area contributed by atoms with Gasteiger partial charge < -0.3 is 14.4 Å². The number of likely N-dealkylation sites (tertiary alicyclic amines) is 1. The Balaban J connectivity index is 1.17. The normalized spacial score (nSPS) is 16.9. The number of para-hydroxylation sites is 1. The van der Waals surface area contributed by atoms with Crippen LogP contribution in [-0.4, -0.2) is 44.8 Å². The minimum Gasteiger partial charge on any atom is -0.360 e. The van der Waals surface area contributed by atoms with Gasteiger partial charge in [0.15, 0.2) is 0 Å². The highest BCUT2D eigenvalue weighted by molar-refractivity contribution is 8.00. The Morgan fingerprint density at radius 3 is 3.17 bits per heavy atom. The molecule has 8 heteroatoms. The molecule has 1 saturated heterocycles. The molecule has 1 amide bonds. The molecule has 154 valence electrons. The second-order valence-corrected chi connectivity index (χ2v) is 9.36. The quantitative estimate of drug-likeness (QED) is 0.436. The predicted octanol–water partition coefficient (Wildman–Crippen LogP) is 4.85. The number of rotatable bonds is 6. The number of nitrogens with zero attached hydrogens (tertiary/aromatic N) is 3. The number of benzene rings is 1. The first-order valence-electron chi connectivity index (χ1n) is 10.1. The first-order chi connectivity index (χ1) is 14.8. The summed E-state index contributed by atoms with van der Waals surface area (Å²) in [4.78, 5) is 23.8. The molecule has 0 saturated carbocycles. The maximum Gasteiger partial charge on any atom is 0.232 e. The number of thioether (sulfide) groups is 1. The average Bonchev–Trinajstić information content (AvgIpc) is 3.53. The summed E-state index contributed by atoms with van der Waals surface area (Å²) in [5.74, 6) is 2.31. The zero-order valence-corrected chi connectivity index (χ0v) is 18.0. The highest BCUT2D eigenvalue weighted by Gasteiger charge is 2.25. The van der Waals surface area contributed by atoms with Crippen molar-refractivity contribution in [1.29, 1.82) is 0 Å². The molecule has 4 heterocycles. The van der Waals surface area contributed by atoms with Crippen molar-refractivity contribution in [3.63, 3.8) is 0 Å². The minimum absolute atomic E-state index is 0.194. The van der Waals surface area contributed by atoms with E-state index >= 15 is 0 Å². The first-order valence-corrected chi connectivity index (χ1v) is 12.0. The third-order valence-corrected chi connectivity index (χ3v) is 7.21. The molecule has 0 aliphatic carbocycles. The van der Waals surface area contributed by atoms with Crippen molar-refractivity contribution in [2.75, 3.05) is 18.8 Å². The van der Waals surface area contributed by atoms with E-state index in [1.165, 1.54) is 5.39 Å². The molecule has 0 bridgehead atoms. The molecule has 1 aliphatic heterocycles. The molecule has 1 unspecified atom stereocenters. The standard InChI is InChI=1S/C22H22N4O2S2/c27-21(14-30-19-11-23-18-6-2-1-5-17(18)19)26-8-3-4-15(12-26)10-20-24-22(25-28-20)16-7-9-29-13-16/h1-2,5-7,9,11,13,15,23H,3-4,8,10,12,14H2. The molecule has 1 aromatic carbocycles. The highest BCUT2D eigenvalue weighted by Crippen LogP contribution is 2.29. The summed E-state index contributed by atoms with van der Waals surface area (Å²) in [6, 6.07) is 10.2. The van der Waals surface area contributed by atoms with Gasteiger partial charge in [0.25, 0.3) is 0 Å². The fourth-order valence-electron chi connectivity index (χ4n) is 3.95. The maximum atomic E-state index is 12.8. The SMILES string of the molecule is O=C(CSc1c[nH]c2ccccc12)N1CCCC(Cc2nc(-c3ccsc3)no2)C1. The first kappa shape index (κ1) is 19.4. The molecule has 6 nitrogen and oxygen atoms in total. The number of nitrogens with one attached hydrogen (secondary N) is 1. The molecule has 1 fully saturated rings. The van der Waals surface area contributed by atoms with Crippen molar-refractivity contribution in [2.45, 2.75) is 24.2 Å². The van der Waals surface area contributed by atoms with E-state index in [1.807, 2.05) is 40.1 Å². The molecule has 0 radical (unpaired) electrons. The molecule has 5 rings (SSSR count). The number of fused-ring (bicyclic) bond motifs is 1. The largest absolute Gasteiger partial charge is 0.360 e. The second-order valence-electron chi connectivity index (χ2n) is 7.56. The van der Waals surface area contributed by atoms with Crippen LogP contribution in [0.1, 0.15) is 18.7 Å². The van der Waals surface area contributed by atoms with Gasteiger partial charge in [0.05, 0.1) is 5.75 Å². The van der Waals surface area contributed by atoms with Gasteiger partial charge in [-0.1, -0.05) is 23.4 Å². The number of piperidine rings is 1. The summed E-state index contributed by atoms with van der Waals surface area (Å²) in [5, 5.41) is 9.28. The number of amides is 1. The van der Waals surface area contributed by atoms with Crippen molar-refractivity contribution in [3.8, 4) is 11.4 Å². The molecule has 4 aromatic rings. The van der Waals surface area contributed by atoms with Crippen LogP contribution in [0.5, 0.6) is 0 Å². The lowest BCUT2D eigenvalue weighted by Crippen LogP contribution is -2.41. The molecular formula is C22H22N4O2S2. The van der Waals surface area contributed by atoms with E-state index in [1.54, 1.807) is 23.1 Å². The molecule has 30 heavy (non-hydrogen) atoms. The number of carbonyl (C=O) groups excluding carboxylic acids is 1. The fourth-order valence-corrected chi connectivity index (χ4v) is 5.52. The van der Waals surface area contributed by atoms with Crippen molar-refractivity contribution in [1.82, 2.24) is 20.0 Å². The maximum absolute atomic E-state index is 12.8. The van der Waals surface area contributed by atoms with Crippen LogP contribution in [0.4, 0.5) is 0 Å². The Kier molecular flexibility index (Phi) is 5.59. The molecule has 1 aliphatic rings. The Morgan fingerprint density at radius 2 is 2.27 bits per heavy atom. The third kappa shape index (κ3) is 4.15. The summed E-state index contributed by atoms with van der Waals surface area (Å²) in [7, 11) is 0. The average molecular weight is 439 g/mol. The Bertz CT molecular complexity index is 1140. The van der Waals surface area contributed by atoms with E-state index in [4.69, 9.17) is 4.52 Å². The Hall–Kier alpha value is -2.58. The lowest BCUT2D eigenvalue weighted by atomic mass is 9.95. The number of hydrogen-bond acceptors (Lipinski definition) is 6. The van der Waals surface area contributed by atoms with Crippen LogP contribution >= 0.6 is 23.1 Å². The van der Waals surface area contributed by atoms with Crippen molar-refractivity contribution < 1.29 is 9.32 Å². The van der Waals surface area contributed by atoms with Crippen molar-refractivity contribution in [2.24, 2.45) is 5.92 Å². The van der Waals surface area contributed by atoms with Crippen LogP contribution in [0.3, 0.4) is 0 Å². The number of H-pyrrole nitrogens is 1. The van der Waals surface area contributed by atoms with Gasteiger partial charge in [0.1, 0.15) is 0 Å². The van der Waals surface area contributed by atoms with E-state index < -0.39 is 0 Å². The van der Waals surface area contributed by atoms with Gasteiger partial charge in [-0.25, -0.2) is 0 Å². The van der Waals surface area contributed by atoms with E-state index in [9.17, 15) is 4.79 Å². The van der Waals surface area contributed by atoms with Gasteiger partial charge in [0, 0.05) is 52.4 Å². The Morgan fingerprint density at radius 1 is 1.33 bits per heavy atom. The van der Waals surface area contributed by atoms with E-state index in [-0.39, 0.29) is 5.91 Å². The lowest BCUT2D eigenvalue weighted by molar-refractivity contribution is -0.130. The second kappa shape index (κ2) is 8.65. The molecule has 0 spiro atoms. The highest BCUT2D eigenvalue weighted by atomic mass is 32.2. The van der Waals surface area contributed by atoms with Crippen LogP contribution in [0.2, 0.25) is 0 Å². The molecule has 3 aromatic heterocycles. The lowest BCUT2D eigenvalue weighted by Gasteiger charge is -2.32. The molecular weight excluding hydrogens is 416 g/mol. The van der Waals surface area contributed by atoms with E-state index in [2.05, 4.69) is 27.3 Å². The number of carbonyl (C=O) groups is 1. The summed E-state index contributed by atoms with van der Waals surface area (Å²) in [6.45, 7) is 1.58. The van der Waals surface area contributed by atoms with Crippen LogP contribution in [-0.2, 0) is 11.2 Å². The third-order valence-electron chi connectivity index (χ3n) is 5.48. The van der Waals surface area contributed by atoms with E-state index in [0.717, 1.165) is 48.3 Å². The smallest absolute Gasteiger partial charge is 0.232 e. The zero-order valence-electron chi connectivity index (χ0n) is 16.4.